The largest absolute Gasteiger partial charge is 0.451 e. The first kappa shape index (κ1) is 27.0. The van der Waals surface area contributed by atoms with Crippen molar-refractivity contribution in [2.24, 2.45) is 0 Å². The average Bonchev–Trinajstić information content (AvgIpc) is 2.93. The van der Waals surface area contributed by atoms with Crippen LogP contribution in [0.15, 0.2) is 54.7 Å². The minimum atomic E-state index is -4.66. The number of benzene rings is 3. The van der Waals surface area contributed by atoms with Crippen LogP contribution in [0.5, 0.6) is 11.5 Å². The Morgan fingerprint density at radius 1 is 0.950 bits per heavy atom. The fourth-order valence-electron chi connectivity index (χ4n) is 4.03. The molecule has 14 heteroatoms. The smallest absolute Gasteiger partial charge is 0.416 e. The number of amides is 2. The first-order valence-corrected chi connectivity index (χ1v) is 11.9. The second-order valence-electron chi connectivity index (χ2n) is 8.74. The SMILES string of the molecule is O=C(Nc1cccc(C(F)(F)F)c1)Nc1cc(F)c(F)c(Oc2ccc3ncc(N4CCNCC4)nc3c2)c1F. The molecule has 1 fully saturated rings. The number of hydrogen-bond donors (Lipinski definition) is 3. The lowest BCUT2D eigenvalue weighted by Gasteiger charge is -2.28. The number of aromatic nitrogens is 2. The highest BCUT2D eigenvalue weighted by Crippen LogP contribution is 2.35. The molecule has 0 bridgehead atoms. The van der Waals surface area contributed by atoms with Crippen molar-refractivity contribution in [3.8, 4) is 11.5 Å². The highest BCUT2D eigenvalue weighted by atomic mass is 19.4. The molecule has 1 aliphatic heterocycles. The Morgan fingerprint density at radius 3 is 2.48 bits per heavy atom. The molecule has 5 rings (SSSR count). The second-order valence-corrected chi connectivity index (χ2v) is 8.74. The predicted octanol–water partition coefficient (Wildman–Crippen LogP) is 5.91. The van der Waals surface area contributed by atoms with E-state index < -0.39 is 46.7 Å². The Bertz CT molecular complexity index is 1580. The summed E-state index contributed by atoms with van der Waals surface area (Å²) >= 11 is 0. The Morgan fingerprint density at radius 2 is 1.73 bits per heavy atom. The molecule has 2 amide bonds. The van der Waals surface area contributed by atoms with Crippen molar-refractivity contribution in [2.45, 2.75) is 6.18 Å². The predicted molar refractivity (Wildman–Crippen MR) is 135 cm³/mol. The zero-order chi connectivity index (χ0) is 28.4. The van der Waals surface area contributed by atoms with Gasteiger partial charge in [0.25, 0.3) is 0 Å². The molecule has 40 heavy (non-hydrogen) atoms. The quantitative estimate of drug-likeness (QED) is 0.207. The first-order chi connectivity index (χ1) is 19.1. The fraction of sp³-hybridized carbons (Fsp3) is 0.192. The normalized spacial score (nSPS) is 13.8. The first-order valence-electron chi connectivity index (χ1n) is 11.9. The summed E-state index contributed by atoms with van der Waals surface area (Å²) in [5.41, 5.74) is -1.24. The number of piperazine rings is 1. The molecular weight excluding hydrogens is 542 g/mol. The van der Waals surface area contributed by atoms with E-state index in [0.29, 0.717) is 42.1 Å². The maximum absolute atomic E-state index is 15.2. The van der Waals surface area contributed by atoms with E-state index in [0.717, 1.165) is 25.2 Å². The van der Waals surface area contributed by atoms with Gasteiger partial charge in [0, 0.05) is 44.0 Å². The van der Waals surface area contributed by atoms with Gasteiger partial charge in [-0.2, -0.15) is 17.6 Å². The Kier molecular flexibility index (Phi) is 7.34. The van der Waals surface area contributed by atoms with Gasteiger partial charge >= 0.3 is 12.2 Å². The maximum atomic E-state index is 15.2. The van der Waals surface area contributed by atoms with E-state index >= 15 is 4.39 Å². The molecular formula is C26H20F6N6O2. The fourth-order valence-corrected chi connectivity index (χ4v) is 4.03. The molecule has 0 aliphatic carbocycles. The minimum Gasteiger partial charge on any atom is -0.451 e. The third-order valence-corrected chi connectivity index (χ3v) is 5.97. The van der Waals surface area contributed by atoms with E-state index in [9.17, 15) is 26.7 Å². The maximum Gasteiger partial charge on any atom is 0.416 e. The summed E-state index contributed by atoms with van der Waals surface area (Å²) in [6, 6.07) is 7.12. The standard InChI is InChI=1S/C26H20F6N6O2/c27-17-12-20(37-25(39)35-15-3-1-2-14(10-15)26(30,31)32)23(29)24(22(17)28)40-16-4-5-18-19(11-16)36-21(13-34-18)38-8-6-33-7-9-38/h1-5,10-13,33H,6-9H2,(H2,35,37,39). The second kappa shape index (κ2) is 10.9. The molecule has 8 nitrogen and oxygen atoms in total. The van der Waals surface area contributed by atoms with Gasteiger partial charge in [-0.25, -0.2) is 18.6 Å². The van der Waals surface area contributed by atoms with Gasteiger partial charge in [0.15, 0.2) is 11.6 Å². The van der Waals surface area contributed by atoms with Crippen LogP contribution in [-0.2, 0) is 6.18 Å². The highest BCUT2D eigenvalue weighted by molar-refractivity contribution is 6.00. The van der Waals surface area contributed by atoms with Crippen LogP contribution in [0.2, 0.25) is 0 Å². The molecule has 1 saturated heterocycles. The van der Waals surface area contributed by atoms with E-state index in [4.69, 9.17) is 4.74 Å². The molecule has 208 valence electrons. The van der Waals surface area contributed by atoms with Gasteiger partial charge in [0.1, 0.15) is 11.6 Å². The van der Waals surface area contributed by atoms with E-state index in [1.54, 1.807) is 6.20 Å². The van der Waals surface area contributed by atoms with Gasteiger partial charge in [0.2, 0.25) is 11.6 Å². The summed E-state index contributed by atoms with van der Waals surface area (Å²) in [6.45, 7) is 2.98. The molecule has 2 heterocycles. The Hall–Kier alpha value is -4.59. The topological polar surface area (TPSA) is 91.4 Å². The zero-order valence-corrected chi connectivity index (χ0v) is 20.5. The summed E-state index contributed by atoms with van der Waals surface area (Å²) in [5.74, 6) is -5.25. The van der Waals surface area contributed by atoms with Crippen molar-refractivity contribution in [3.63, 3.8) is 0 Å². The number of nitrogens with one attached hydrogen (secondary N) is 3. The third-order valence-electron chi connectivity index (χ3n) is 5.97. The van der Waals surface area contributed by atoms with Crippen LogP contribution in [0.1, 0.15) is 5.56 Å². The number of ether oxygens (including phenoxy) is 1. The minimum absolute atomic E-state index is 0.0815. The van der Waals surface area contributed by atoms with Crippen molar-refractivity contribution in [3.05, 3.63) is 77.7 Å². The number of halogens is 6. The molecule has 0 saturated carbocycles. The number of alkyl halides is 3. The van der Waals surface area contributed by atoms with Crippen molar-refractivity contribution >= 4 is 34.3 Å². The molecule has 1 aromatic heterocycles. The lowest BCUT2D eigenvalue weighted by molar-refractivity contribution is -0.137. The van der Waals surface area contributed by atoms with Gasteiger partial charge in [-0.3, -0.25) is 4.98 Å². The van der Waals surface area contributed by atoms with Crippen LogP contribution in [0.25, 0.3) is 11.0 Å². The number of rotatable bonds is 5. The number of urea groups is 1. The summed E-state index contributed by atoms with van der Waals surface area (Å²) in [5, 5.41) is 7.27. The number of carbonyl (C=O) groups excluding carboxylic acids is 1. The van der Waals surface area contributed by atoms with Crippen LogP contribution in [0, 0.1) is 17.5 Å². The molecule has 0 unspecified atom stereocenters. The van der Waals surface area contributed by atoms with Crippen molar-refractivity contribution in [2.75, 3.05) is 41.7 Å². The van der Waals surface area contributed by atoms with Gasteiger partial charge in [-0.15, -0.1) is 0 Å². The van der Waals surface area contributed by atoms with Crippen molar-refractivity contribution in [1.29, 1.82) is 0 Å². The number of anilines is 3. The Balaban J connectivity index is 1.37. The number of nitrogens with zero attached hydrogens (tertiary/aromatic N) is 3. The third kappa shape index (κ3) is 5.86. The van der Waals surface area contributed by atoms with Gasteiger partial charge < -0.3 is 25.6 Å². The van der Waals surface area contributed by atoms with Crippen LogP contribution < -0.4 is 25.6 Å². The van der Waals surface area contributed by atoms with Crippen LogP contribution in [-0.4, -0.2) is 42.2 Å². The number of fused-ring (bicyclic) bond motifs is 1. The van der Waals surface area contributed by atoms with Crippen molar-refractivity contribution in [1.82, 2.24) is 15.3 Å². The molecule has 0 radical (unpaired) electrons. The summed E-state index contributed by atoms with van der Waals surface area (Å²) in [7, 11) is 0. The Labute approximate surface area is 223 Å². The van der Waals surface area contributed by atoms with Gasteiger partial charge in [-0.1, -0.05) is 6.07 Å². The van der Waals surface area contributed by atoms with Gasteiger partial charge in [0.05, 0.1) is 28.5 Å². The van der Waals surface area contributed by atoms with Crippen molar-refractivity contribution < 1.29 is 35.9 Å². The van der Waals surface area contributed by atoms with Crippen LogP contribution in [0.4, 0.5) is 48.3 Å². The lowest BCUT2D eigenvalue weighted by atomic mass is 10.2. The molecule has 3 aromatic carbocycles. The molecule has 4 aromatic rings. The highest BCUT2D eigenvalue weighted by Gasteiger charge is 2.30. The molecule has 1 aliphatic rings. The summed E-state index contributed by atoms with van der Waals surface area (Å²) in [4.78, 5) is 23.2. The summed E-state index contributed by atoms with van der Waals surface area (Å²) in [6.07, 6.45) is -3.05. The van der Waals surface area contributed by atoms with E-state index in [-0.39, 0.29) is 11.4 Å². The van der Waals surface area contributed by atoms with Gasteiger partial charge in [-0.05, 0) is 30.3 Å². The molecule has 0 atom stereocenters. The molecule has 0 spiro atoms. The van der Waals surface area contributed by atoms with E-state index in [1.807, 2.05) is 10.2 Å². The van der Waals surface area contributed by atoms with E-state index in [2.05, 4.69) is 20.6 Å². The van der Waals surface area contributed by atoms with Crippen LogP contribution >= 0.6 is 0 Å². The average molecular weight is 562 g/mol. The molecule has 3 N–H and O–H groups in total. The summed E-state index contributed by atoms with van der Waals surface area (Å²) < 4.78 is 88.2. The van der Waals surface area contributed by atoms with Crippen LogP contribution in [0.3, 0.4) is 0 Å². The number of carbonyl (C=O) groups is 1. The lowest BCUT2D eigenvalue weighted by Crippen LogP contribution is -2.43. The van der Waals surface area contributed by atoms with E-state index in [1.165, 1.54) is 24.3 Å². The zero-order valence-electron chi connectivity index (χ0n) is 20.5. The number of hydrogen-bond acceptors (Lipinski definition) is 6. The monoisotopic (exact) mass is 562 g/mol.